The first-order valence-corrected chi connectivity index (χ1v) is 3.15. The van der Waals surface area contributed by atoms with Crippen molar-refractivity contribution in [3.63, 3.8) is 0 Å². The topological polar surface area (TPSA) is 29.1 Å². The fourth-order valence-electron chi connectivity index (χ4n) is 0.317. The van der Waals surface area contributed by atoms with Crippen LogP contribution in [0.5, 0.6) is 0 Å². The Morgan fingerprint density at radius 2 is 2.38 bits per heavy atom. The maximum atomic E-state index is 10.2. The van der Waals surface area contributed by atoms with Crippen LogP contribution in [-0.2, 0) is 4.79 Å². The van der Waals surface area contributed by atoms with Gasteiger partial charge in [0, 0.05) is 0 Å². The van der Waals surface area contributed by atoms with Gasteiger partial charge >= 0.3 is 51.4 Å². The van der Waals surface area contributed by atoms with E-state index in [4.69, 9.17) is 0 Å². The number of nitrogens with one attached hydrogen (secondary N) is 1. The van der Waals surface area contributed by atoms with Crippen molar-refractivity contribution in [3.8, 4) is 0 Å². The minimum atomic E-state index is 0. The number of rotatable bonds is 0. The van der Waals surface area contributed by atoms with Gasteiger partial charge in [0.25, 0.3) is 0 Å². The zero-order valence-corrected chi connectivity index (χ0v) is 5.06. The van der Waals surface area contributed by atoms with Crippen LogP contribution in [0.2, 0.25) is 0 Å². The van der Waals surface area contributed by atoms with Crippen LogP contribution < -0.4 is 5.32 Å². The van der Waals surface area contributed by atoms with Crippen LogP contribution in [0.4, 0.5) is 0 Å². The molecule has 0 aliphatic carbocycles. The molecule has 1 N–H and O–H groups in total. The summed E-state index contributed by atoms with van der Waals surface area (Å²) >= 11 is 6.00. The second-order valence-corrected chi connectivity index (χ2v) is 2.78. The molecule has 2 nitrogen and oxygen atoms in total. The number of hydrogen-bond acceptors (Lipinski definition) is 3. The molecule has 1 amide bonds. The predicted octanol–water partition coefficient (Wildman–Crippen LogP) is -0.514. The molecule has 1 aliphatic heterocycles. The molecule has 5 heteroatoms. The Hall–Kier alpha value is 1.55. The molecule has 1 saturated heterocycles. The molecule has 0 aromatic carbocycles. The average molecular weight is 173 g/mol. The molecule has 8 heavy (non-hydrogen) atoms. The molecular formula is C3H4KNOS2. The normalized spacial score (nSPS) is 17.5. The van der Waals surface area contributed by atoms with E-state index in [1.165, 1.54) is 11.8 Å². The van der Waals surface area contributed by atoms with Crippen LogP contribution in [0.15, 0.2) is 0 Å². The van der Waals surface area contributed by atoms with Crippen molar-refractivity contribution in [2.75, 3.05) is 5.75 Å². The van der Waals surface area contributed by atoms with Crippen LogP contribution in [0.25, 0.3) is 0 Å². The van der Waals surface area contributed by atoms with E-state index < -0.39 is 0 Å². The van der Waals surface area contributed by atoms with Crippen molar-refractivity contribution in [1.29, 1.82) is 0 Å². The molecule has 1 aliphatic rings. The SMILES string of the molecule is O=C1CSC(=S)N1.[KH]. The third kappa shape index (κ3) is 2.91. The van der Waals surface area contributed by atoms with Crippen LogP contribution in [0.3, 0.4) is 0 Å². The van der Waals surface area contributed by atoms with Crippen molar-refractivity contribution >= 4 is 85.6 Å². The predicted molar refractivity (Wildman–Crippen MR) is 40.3 cm³/mol. The number of hydrogen-bond donors (Lipinski definition) is 1. The second kappa shape index (κ2) is 4.38. The summed E-state index contributed by atoms with van der Waals surface area (Å²) in [6.07, 6.45) is 0. The molecule has 0 spiro atoms. The Labute approximate surface area is 99.6 Å². The van der Waals surface area contributed by atoms with Gasteiger partial charge in [0.05, 0.1) is 5.75 Å². The van der Waals surface area contributed by atoms with Crippen LogP contribution >= 0.6 is 24.0 Å². The summed E-state index contributed by atoms with van der Waals surface area (Å²) in [5.74, 6) is 0.522. The zero-order chi connectivity index (χ0) is 5.28. The molecule has 1 heterocycles. The van der Waals surface area contributed by atoms with Gasteiger partial charge in [0.1, 0.15) is 4.32 Å². The third-order valence-electron chi connectivity index (χ3n) is 0.576. The maximum absolute atomic E-state index is 10.2. The van der Waals surface area contributed by atoms with Crippen molar-refractivity contribution in [2.45, 2.75) is 0 Å². The van der Waals surface area contributed by atoms with E-state index in [2.05, 4.69) is 17.5 Å². The number of amides is 1. The van der Waals surface area contributed by atoms with Crippen molar-refractivity contribution in [2.24, 2.45) is 0 Å². The summed E-state index contributed by atoms with van der Waals surface area (Å²) in [7, 11) is 0. The average Bonchev–Trinajstić information content (AvgIpc) is 1.87. The summed E-state index contributed by atoms with van der Waals surface area (Å²) in [5.41, 5.74) is 0. The third-order valence-corrected chi connectivity index (χ3v) is 1.80. The molecule has 0 aromatic rings. The molecule has 0 saturated carbocycles. The molecule has 1 rings (SSSR count). The van der Waals surface area contributed by atoms with E-state index in [1.807, 2.05) is 0 Å². The summed E-state index contributed by atoms with van der Waals surface area (Å²) < 4.78 is 0.602. The first-order valence-electron chi connectivity index (χ1n) is 1.75. The Morgan fingerprint density at radius 3 is 2.50 bits per heavy atom. The molecule has 1 fully saturated rings. The van der Waals surface area contributed by atoms with Gasteiger partial charge in [0.2, 0.25) is 5.91 Å². The van der Waals surface area contributed by atoms with Gasteiger partial charge in [-0.25, -0.2) is 0 Å². The molecular weight excluding hydrogens is 169 g/mol. The number of carbonyl (C=O) groups excluding carboxylic acids is 1. The van der Waals surface area contributed by atoms with Crippen LogP contribution in [0.1, 0.15) is 0 Å². The fourth-order valence-corrected chi connectivity index (χ4v) is 1.13. The van der Waals surface area contributed by atoms with Gasteiger partial charge in [-0.3, -0.25) is 4.79 Å². The minimum absolute atomic E-state index is 0. The second-order valence-electron chi connectivity index (χ2n) is 1.12. The Bertz CT molecular complexity index is 112. The molecule has 0 radical (unpaired) electrons. The van der Waals surface area contributed by atoms with Gasteiger partial charge in [-0.2, -0.15) is 0 Å². The van der Waals surface area contributed by atoms with E-state index in [-0.39, 0.29) is 57.3 Å². The quantitative estimate of drug-likeness (QED) is 0.395. The van der Waals surface area contributed by atoms with E-state index in [0.29, 0.717) is 10.1 Å². The van der Waals surface area contributed by atoms with Gasteiger partial charge in [0.15, 0.2) is 0 Å². The molecule has 0 bridgehead atoms. The summed E-state index contributed by atoms with van der Waals surface area (Å²) in [4.78, 5) is 10.2. The van der Waals surface area contributed by atoms with Gasteiger partial charge in [-0.05, 0) is 0 Å². The van der Waals surface area contributed by atoms with E-state index >= 15 is 0 Å². The monoisotopic (exact) mass is 173 g/mol. The van der Waals surface area contributed by atoms with Crippen molar-refractivity contribution in [3.05, 3.63) is 0 Å². The van der Waals surface area contributed by atoms with Crippen molar-refractivity contribution in [1.82, 2.24) is 5.32 Å². The van der Waals surface area contributed by atoms with Gasteiger partial charge in [-0.15, -0.1) is 0 Å². The number of carbonyl (C=O) groups is 1. The van der Waals surface area contributed by atoms with Crippen molar-refractivity contribution < 1.29 is 4.79 Å². The number of thiocarbonyl (C=S) groups is 1. The van der Waals surface area contributed by atoms with Crippen LogP contribution in [-0.4, -0.2) is 67.4 Å². The fraction of sp³-hybridized carbons (Fsp3) is 0.333. The first kappa shape index (κ1) is 9.55. The zero-order valence-electron chi connectivity index (χ0n) is 3.43. The van der Waals surface area contributed by atoms with Crippen LogP contribution in [0, 0.1) is 0 Å². The molecule has 0 aromatic heterocycles. The van der Waals surface area contributed by atoms with Gasteiger partial charge in [-0.1, -0.05) is 24.0 Å². The molecule has 0 atom stereocenters. The summed E-state index contributed by atoms with van der Waals surface area (Å²) in [6, 6.07) is 0. The number of thioether (sulfide) groups is 1. The Balaban J connectivity index is 0.000000490. The van der Waals surface area contributed by atoms with E-state index in [1.54, 1.807) is 0 Å². The standard InChI is InChI=1S/C3H3NOS2.K.H/c5-2-1-7-3(6)4-2;;/h1H2,(H,4,5,6);;. The van der Waals surface area contributed by atoms with E-state index in [0.717, 1.165) is 0 Å². The Morgan fingerprint density at radius 1 is 1.75 bits per heavy atom. The van der Waals surface area contributed by atoms with E-state index in [9.17, 15) is 4.79 Å². The summed E-state index contributed by atoms with van der Waals surface area (Å²) in [5, 5.41) is 2.47. The Kier molecular flexibility index (Phi) is 5.22. The first-order chi connectivity index (χ1) is 3.29. The summed E-state index contributed by atoms with van der Waals surface area (Å²) in [6.45, 7) is 0. The van der Waals surface area contributed by atoms with Gasteiger partial charge < -0.3 is 5.32 Å². The molecule has 40 valence electrons. The molecule has 0 unspecified atom stereocenters.